The van der Waals surface area contributed by atoms with Gasteiger partial charge in [0.25, 0.3) is 0 Å². The Labute approximate surface area is 146 Å². The topological polar surface area (TPSA) is 38.8 Å². The molecule has 1 amide bonds. The van der Waals surface area contributed by atoms with Crippen molar-refractivity contribution in [2.75, 3.05) is 17.4 Å². The van der Waals surface area contributed by atoms with Crippen LogP contribution >= 0.6 is 27.7 Å². The van der Waals surface area contributed by atoms with E-state index in [1.807, 2.05) is 48.2 Å². The van der Waals surface area contributed by atoms with Crippen molar-refractivity contribution in [3.05, 3.63) is 52.0 Å². The van der Waals surface area contributed by atoms with Crippen molar-refractivity contribution in [3.63, 3.8) is 0 Å². The average Bonchev–Trinajstić information content (AvgIpc) is 3.13. The van der Waals surface area contributed by atoms with Crippen molar-refractivity contribution in [1.29, 1.82) is 0 Å². The lowest BCUT2D eigenvalue weighted by Gasteiger charge is -2.25. The largest absolute Gasteiger partial charge is 0.454 e. The third-order valence-electron chi connectivity index (χ3n) is 3.94. The van der Waals surface area contributed by atoms with Crippen molar-refractivity contribution in [3.8, 4) is 11.5 Å². The summed E-state index contributed by atoms with van der Waals surface area (Å²) in [6, 6.07) is 11.9. The molecule has 0 unspecified atom stereocenters. The first-order valence-corrected chi connectivity index (χ1v) is 9.07. The number of amides is 1. The number of thioether (sulfide) groups is 1. The molecule has 0 aromatic heterocycles. The van der Waals surface area contributed by atoms with E-state index in [9.17, 15) is 4.79 Å². The molecule has 0 saturated carbocycles. The summed E-state index contributed by atoms with van der Waals surface area (Å²) in [5, 5.41) is -0.0749. The van der Waals surface area contributed by atoms with Crippen LogP contribution in [0.4, 0.5) is 5.69 Å². The minimum Gasteiger partial charge on any atom is -0.454 e. The summed E-state index contributed by atoms with van der Waals surface area (Å²) >= 11 is 5.22. The minimum absolute atomic E-state index is 0.0749. The number of carbonyl (C=O) groups is 1. The minimum atomic E-state index is -0.0749. The second-order valence-corrected chi connectivity index (χ2v) is 7.41. The SMILES string of the molecule is Cc1ccc(N2C(=O)CS[C@H]2c2cc3c(cc2Br)OCO3)cc1. The van der Waals surface area contributed by atoms with Crippen molar-refractivity contribution < 1.29 is 14.3 Å². The fourth-order valence-corrected chi connectivity index (χ4v) is 4.65. The van der Waals surface area contributed by atoms with Crippen LogP contribution in [-0.2, 0) is 4.79 Å². The van der Waals surface area contributed by atoms with Gasteiger partial charge >= 0.3 is 0 Å². The normalized spacial score (nSPS) is 19.5. The monoisotopic (exact) mass is 391 g/mol. The van der Waals surface area contributed by atoms with Gasteiger partial charge in [0.1, 0.15) is 5.37 Å². The molecule has 4 rings (SSSR count). The molecule has 1 fully saturated rings. The zero-order valence-electron chi connectivity index (χ0n) is 12.4. The predicted octanol–water partition coefficient (Wildman–Crippen LogP) is 4.26. The van der Waals surface area contributed by atoms with Gasteiger partial charge in [0.15, 0.2) is 11.5 Å². The summed E-state index contributed by atoms with van der Waals surface area (Å²) in [4.78, 5) is 14.3. The summed E-state index contributed by atoms with van der Waals surface area (Å²) in [6.07, 6.45) is 0. The van der Waals surface area contributed by atoms with Gasteiger partial charge in [-0.25, -0.2) is 0 Å². The number of hydrogen-bond acceptors (Lipinski definition) is 4. The molecule has 6 heteroatoms. The second-order valence-electron chi connectivity index (χ2n) is 5.49. The first kappa shape index (κ1) is 14.9. The number of hydrogen-bond donors (Lipinski definition) is 0. The second kappa shape index (κ2) is 5.76. The Hall–Kier alpha value is -1.66. The zero-order chi connectivity index (χ0) is 16.0. The highest BCUT2D eigenvalue weighted by Gasteiger charge is 2.36. The number of carbonyl (C=O) groups excluding carboxylic acids is 1. The number of rotatable bonds is 2. The number of halogens is 1. The molecule has 2 heterocycles. The van der Waals surface area contributed by atoms with E-state index in [4.69, 9.17) is 9.47 Å². The summed E-state index contributed by atoms with van der Waals surface area (Å²) in [6.45, 7) is 2.28. The smallest absolute Gasteiger partial charge is 0.238 e. The maximum atomic E-state index is 12.4. The average molecular weight is 392 g/mol. The molecular weight excluding hydrogens is 378 g/mol. The van der Waals surface area contributed by atoms with Gasteiger partial charge in [-0.05, 0) is 31.2 Å². The molecule has 23 heavy (non-hydrogen) atoms. The third-order valence-corrected chi connectivity index (χ3v) is 5.82. The molecule has 2 aliphatic heterocycles. The van der Waals surface area contributed by atoms with Gasteiger partial charge in [0, 0.05) is 15.7 Å². The molecule has 0 radical (unpaired) electrons. The molecule has 2 aromatic rings. The third kappa shape index (κ3) is 2.60. The standard InChI is InChI=1S/C17H14BrNO3S/c1-10-2-4-11(5-3-10)19-16(20)8-23-17(19)12-6-14-15(7-13(12)18)22-9-21-14/h2-7,17H,8-9H2,1H3/t17-/m0/s1. The van der Waals surface area contributed by atoms with E-state index in [1.165, 1.54) is 5.56 Å². The van der Waals surface area contributed by atoms with Crippen LogP contribution in [0.25, 0.3) is 0 Å². The van der Waals surface area contributed by atoms with Crippen LogP contribution in [0.2, 0.25) is 0 Å². The van der Waals surface area contributed by atoms with Crippen LogP contribution in [-0.4, -0.2) is 18.5 Å². The van der Waals surface area contributed by atoms with Crippen LogP contribution in [0.5, 0.6) is 11.5 Å². The highest BCUT2D eigenvalue weighted by Crippen LogP contribution is 2.47. The molecular formula is C17H14BrNO3S. The van der Waals surface area contributed by atoms with Gasteiger partial charge < -0.3 is 9.47 Å². The number of benzene rings is 2. The van der Waals surface area contributed by atoms with Crippen LogP contribution < -0.4 is 14.4 Å². The molecule has 118 valence electrons. The fourth-order valence-electron chi connectivity index (χ4n) is 2.76. The molecule has 0 bridgehead atoms. The van der Waals surface area contributed by atoms with Crippen molar-refractivity contribution >= 4 is 39.3 Å². The van der Waals surface area contributed by atoms with E-state index in [0.717, 1.165) is 27.2 Å². The molecule has 1 atom stereocenters. The molecule has 2 aromatic carbocycles. The summed E-state index contributed by atoms with van der Waals surface area (Å²) in [5.41, 5.74) is 3.11. The Morgan fingerprint density at radius 2 is 1.87 bits per heavy atom. The van der Waals surface area contributed by atoms with Gasteiger partial charge in [0.05, 0.1) is 5.75 Å². The summed E-state index contributed by atoms with van der Waals surface area (Å²) in [7, 11) is 0. The van der Waals surface area contributed by atoms with Crippen LogP contribution in [0.3, 0.4) is 0 Å². The van der Waals surface area contributed by atoms with Crippen LogP contribution in [0.1, 0.15) is 16.5 Å². The molecule has 0 spiro atoms. The van der Waals surface area contributed by atoms with Crippen LogP contribution in [0, 0.1) is 6.92 Å². The quantitative estimate of drug-likeness (QED) is 0.766. The molecule has 1 saturated heterocycles. The van der Waals surface area contributed by atoms with E-state index < -0.39 is 0 Å². The Bertz CT molecular complexity index is 778. The van der Waals surface area contributed by atoms with E-state index in [2.05, 4.69) is 15.9 Å². The highest BCUT2D eigenvalue weighted by molar-refractivity contribution is 9.10. The maximum absolute atomic E-state index is 12.4. The van der Waals surface area contributed by atoms with E-state index in [1.54, 1.807) is 11.8 Å². The molecule has 0 N–H and O–H groups in total. The van der Waals surface area contributed by atoms with Gasteiger partial charge in [-0.1, -0.05) is 33.6 Å². The number of nitrogens with zero attached hydrogens (tertiary/aromatic N) is 1. The lowest BCUT2D eigenvalue weighted by molar-refractivity contribution is -0.115. The lowest BCUT2D eigenvalue weighted by atomic mass is 10.1. The molecule has 2 aliphatic rings. The number of anilines is 1. The van der Waals surface area contributed by atoms with Gasteiger partial charge in [-0.15, -0.1) is 11.8 Å². The first-order chi connectivity index (χ1) is 11.1. The fraction of sp³-hybridized carbons (Fsp3) is 0.235. The number of fused-ring (bicyclic) bond motifs is 1. The maximum Gasteiger partial charge on any atom is 0.238 e. The predicted molar refractivity (Wildman–Crippen MR) is 94.1 cm³/mol. The van der Waals surface area contributed by atoms with E-state index >= 15 is 0 Å². The molecule has 4 nitrogen and oxygen atoms in total. The van der Waals surface area contributed by atoms with Crippen molar-refractivity contribution in [1.82, 2.24) is 0 Å². The number of ether oxygens (including phenoxy) is 2. The van der Waals surface area contributed by atoms with Crippen molar-refractivity contribution in [2.45, 2.75) is 12.3 Å². The zero-order valence-corrected chi connectivity index (χ0v) is 14.8. The van der Waals surface area contributed by atoms with E-state index in [0.29, 0.717) is 5.75 Å². The van der Waals surface area contributed by atoms with Gasteiger partial charge in [-0.2, -0.15) is 0 Å². The first-order valence-electron chi connectivity index (χ1n) is 7.23. The highest BCUT2D eigenvalue weighted by atomic mass is 79.9. The Morgan fingerprint density at radius 1 is 1.17 bits per heavy atom. The Morgan fingerprint density at radius 3 is 2.61 bits per heavy atom. The Kier molecular flexibility index (Phi) is 3.73. The summed E-state index contributed by atoms with van der Waals surface area (Å²) < 4.78 is 11.8. The van der Waals surface area contributed by atoms with Gasteiger partial charge in [0.2, 0.25) is 12.7 Å². The van der Waals surface area contributed by atoms with Crippen LogP contribution in [0.15, 0.2) is 40.9 Å². The van der Waals surface area contributed by atoms with Crippen molar-refractivity contribution in [2.24, 2.45) is 0 Å². The molecule has 0 aliphatic carbocycles. The van der Waals surface area contributed by atoms with Gasteiger partial charge in [-0.3, -0.25) is 9.69 Å². The lowest BCUT2D eigenvalue weighted by Crippen LogP contribution is -2.27. The summed E-state index contributed by atoms with van der Waals surface area (Å²) in [5.74, 6) is 2.05. The Balaban J connectivity index is 1.75. The van der Waals surface area contributed by atoms with E-state index in [-0.39, 0.29) is 18.1 Å². The number of aryl methyl sites for hydroxylation is 1.